The molecular weight excluding hydrogens is 338 g/mol. The maximum atomic E-state index is 12.9. The summed E-state index contributed by atoms with van der Waals surface area (Å²) in [5.41, 5.74) is 5.57. The SMILES string of the molecule is Nc1nnc(N[C@H]2C[C@H]3COc4ccccc4S(=O)(=O)N3C2)s1. The Morgan fingerprint density at radius 2 is 2.17 bits per heavy atom. The Morgan fingerprint density at radius 3 is 2.96 bits per heavy atom. The predicted octanol–water partition coefficient (Wildman–Crippen LogP) is 0.756. The molecule has 1 saturated heterocycles. The first kappa shape index (κ1) is 14.7. The lowest BCUT2D eigenvalue weighted by atomic mass is 10.2. The Hall–Kier alpha value is -1.91. The van der Waals surface area contributed by atoms with E-state index in [0.29, 0.717) is 35.6 Å². The van der Waals surface area contributed by atoms with E-state index in [1.807, 2.05) is 0 Å². The highest BCUT2D eigenvalue weighted by Gasteiger charge is 2.43. The van der Waals surface area contributed by atoms with Gasteiger partial charge in [-0.1, -0.05) is 23.5 Å². The summed E-state index contributed by atoms with van der Waals surface area (Å²) in [6.07, 6.45) is 0.646. The van der Waals surface area contributed by atoms with E-state index in [4.69, 9.17) is 10.5 Å². The van der Waals surface area contributed by atoms with Crippen LogP contribution in [-0.4, -0.2) is 48.2 Å². The molecule has 0 saturated carbocycles. The number of aromatic nitrogens is 2. The molecule has 2 aromatic rings. The molecule has 1 fully saturated rings. The van der Waals surface area contributed by atoms with Gasteiger partial charge in [0, 0.05) is 12.6 Å². The third-order valence-corrected chi connectivity index (χ3v) is 6.64. The van der Waals surface area contributed by atoms with Crippen LogP contribution in [0.5, 0.6) is 5.75 Å². The highest BCUT2D eigenvalue weighted by molar-refractivity contribution is 7.89. The second kappa shape index (κ2) is 5.32. The molecule has 10 heteroatoms. The van der Waals surface area contributed by atoms with Gasteiger partial charge in [-0.25, -0.2) is 8.42 Å². The number of nitrogens with one attached hydrogen (secondary N) is 1. The van der Waals surface area contributed by atoms with Gasteiger partial charge in [0.15, 0.2) is 0 Å². The molecule has 1 aromatic carbocycles. The molecule has 4 rings (SSSR count). The van der Waals surface area contributed by atoms with Crippen LogP contribution in [0.3, 0.4) is 0 Å². The van der Waals surface area contributed by atoms with E-state index >= 15 is 0 Å². The lowest BCUT2D eigenvalue weighted by molar-refractivity contribution is 0.240. The summed E-state index contributed by atoms with van der Waals surface area (Å²) in [5, 5.41) is 11.9. The number of anilines is 2. The molecule has 0 unspecified atom stereocenters. The van der Waals surface area contributed by atoms with Crippen molar-refractivity contribution in [2.45, 2.75) is 23.4 Å². The number of benzene rings is 1. The van der Waals surface area contributed by atoms with Crippen molar-refractivity contribution in [3.05, 3.63) is 24.3 Å². The smallest absolute Gasteiger partial charge is 0.247 e. The van der Waals surface area contributed by atoms with Crippen molar-refractivity contribution in [2.24, 2.45) is 0 Å². The largest absolute Gasteiger partial charge is 0.490 e. The summed E-state index contributed by atoms with van der Waals surface area (Å²) in [4.78, 5) is 0.225. The van der Waals surface area contributed by atoms with Crippen molar-refractivity contribution in [1.29, 1.82) is 0 Å². The van der Waals surface area contributed by atoms with Crippen LogP contribution in [0.15, 0.2) is 29.2 Å². The zero-order valence-electron chi connectivity index (χ0n) is 12.0. The van der Waals surface area contributed by atoms with Crippen LogP contribution in [0.25, 0.3) is 0 Å². The summed E-state index contributed by atoms with van der Waals surface area (Å²) < 4.78 is 33.0. The van der Waals surface area contributed by atoms with Crippen LogP contribution in [-0.2, 0) is 10.0 Å². The Kier molecular flexibility index (Phi) is 3.39. The molecule has 0 amide bonds. The number of nitrogen functional groups attached to an aromatic ring is 1. The number of sulfonamides is 1. The quantitative estimate of drug-likeness (QED) is 0.820. The Bertz CT molecular complexity index is 838. The lowest BCUT2D eigenvalue weighted by Crippen LogP contribution is -2.37. The van der Waals surface area contributed by atoms with Gasteiger partial charge in [0.1, 0.15) is 17.3 Å². The van der Waals surface area contributed by atoms with Crippen LogP contribution in [0.1, 0.15) is 6.42 Å². The summed E-state index contributed by atoms with van der Waals surface area (Å²) in [6.45, 7) is 0.705. The highest BCUT2D eigenvalue weighted by Crippen LogP contribution is 2.35. The van der Waals surface area contributed by atoms with E-state index in [1.54, 1.807) is 24.3 Å². The van der Waals surface area contributed by atoms with E-state index in [2.05, 4.69) is 15.5 Å². The number of rotatable bonds is 2. The van der Waals surface area contributed by atoms with E-state index in [9.17, 15) is 8.42 Å². The minimum absolute atomic E-state index is 0.0454. The van der Waals surface area contributed by atoms with Gasteiger partial charge in [0.2, 0.25) is 20.3 Å². The molecule has 0 aliphatic carbocycles. The molecule has 23 heavy (non-hydrogen) atoms. The van der Waals surface area contributed by atoms with E-state index in [1.165, 1.54) is 15.6 Å². The van der Waals surface area contributed by atoms with Gasteiger partial charge < -0.3 is 15.8 Å². The number of ether oxygens (including phenoxy) is 1. The van der Waals surface area contributed by atoms with Gasteiger partial charge in [-0.2, -0.15) is 4.31 Å². The molecule has 122 valence electrons. The van der Waals surface area contributed by atoms with Crippen LogP contribution in [0.2, 0.25) is 0 Å². The van der Waals surface area contributed by atoms with Gasteiger partial charge in [-0.3, -0.25) is 0 Å². The number of nitrogens with two attached hydrogens (primary N) is 1. The number of hydrogen-bond acceptors (Lipinski definition) is 8. The zero-order chi connectivity index (χ0) is 16.0. The number of hydrogen-bond donors (Lipinski definition) is 2. The molecule has 1 aromatic heterocycles. The Balaban J connectivity index is 1.60. The van der Waals surface area contributed by atoms with Crippen LogP contribution in [0, 0.1) is 0 Å². The van der Waals surface area contributed by atoms with Crippen LogP contribution in [0.4, 0.5) is 10.3 Å². The first-order chi connectivity index (χ1) is 11.0. The van der Waals surface area contributed by atoms with E-state index < -0.39 is 10.0 Å². The first-order valence-electron chi connectivity index (χ1n) is 7.13. The van der Waals surface area contributed by atoms with E-state index in [-0.39, 0.29) is 17.0 Å². The molecule has 0 spiro atoms. The van der Waals surface area contributed by atoms with Crippen LogP contribution >= 0.6 is 11.3 Å². The fourth-order valence-corrected chi connectivity index (χ4v) is 5.39. The average molecular weight is 353 g/mol. The van der Waals surface area contributed by atoms with Crippen molar-refractivity contribution >= 4 is 31.6 Å². The minimum atomic E-state index is -3.57. The fraction of sp³-hybridized carbons (Fsp3) is 0.385. The summed E-state index contributed by atoms with van der Waals surface area (Å²) in [5.74, 6) is 0.420. The Morgan fingerprint density at radius 1 is 1.35 bits per heavy atom. The lowest BCUT2D eigenvalue weighted by Gasteiger charge is -2.19. The molecule has 2 aliphatic rings. The van der Waals surface area contributed by atoms with Crippen LogP contribution < -0.4 is 15.8 Å². The molecule has 3 heterocycles. The number of nitrogens with zero attached hydrogens (tertiary/aromatic N) is 3. The summed E-state index contributed by atoms with van der Waals surface area (Å²) >= 11 is 1.25. The number of para-hydroxylation sites is 1. The van der Waals surface area contributed by atoms with Crippen molar-refractivity contribution in [1.82, 2.24) is 14.5 Å². The maximum Gasteiger partial charge on any atom is 0.247 e. The van der Waals surface area contributed by atoms with Crippen molar-refractivity contribution in [3.8, 4) is 5.75 Å². The monoisotopic (exact) mass is 353 g/mol. The highest BCUT2D eigenvalue weighted by atomic mass is 32.2. The van der Waals surface area contributed by atoms with Crippen molar-refractivity contribution in [3.63, 3.8) is 0 Å². The average Bonchev–Trinajstić information content (AvgIpc) is 3.10. The molecule has 3 N–H and O–H groups in total. The summed E-state index contributed by atoms with van der Waals surface area (Å²) in [7, 11) is -3.57. The standard InChI is InChI=1S/C13H15N5O3S2/c14-12-16-17-13(22-12)15-8-5-9-7-21-10-3-1-2-4-11(10)23(19,20)18(9)6-8/h1-4,8-9H,5-7H2,(H2,14,16)(H,15,17)/t8-,9-/m0/s1. The van der Waals surface area contributed by atoms with Crippen molar-refractivity contribution in [2.75, 3.05) is 24.2 Å². The third-order valence-electron chi connectivity index (χ3n) is 4.00. The third kappa shape index (κ3) is 2.52. The van der Waals surface area contributed by atoms with Gasteiger partial charge in [0.25, 0.3) is 0 Å². The first-order valence-corrected chi connectivity index (χ1v) is 9.39. The molecule has 2 atom stereocenters. The van der Waals surface area contributed by atoms with Gasteiger partial charge in [0.05, 0.1) is 6.04 Å². The minimum Gasteiger partial charge on any atom is -0.490 e. The Labute approximate surface area is 137 Å². The maximum absolute atomic E-state index is 12.9. The topological polar surface area (TPSA) is 110 Å². The van der Waals surface area contributed by atoms with Gasteiger partial charge in [-0.05, 0) is 18.6 Å². The second-order valence-corrected chi connectivity index (χ2v) is 8.38. The van der Waals surface area contributed by atoms with Gasteiger partial charge >= 0.3 is 0 Å². The molecule has 2 aliphatic heterocycles. The second-order valence-electron chi connectivity index (χ2n) is 5.51. The molecule has 0 radical (unpaired) electrons. The fourth-order valence-electron chi connectivity index (χ4n) is 3.00. The van der Waals surface area contributed by atoms with Gasteiger partial charge in [-0.15, -0.1) is 10.2 Å². The molecule has 0 bridgehead atoms. The number of fused-ring (bicyclic) bond motifs is 2. The predicted molar refractivity (Wildman–Crippen MR) is 86.0 cm³/mol. The van der Waals surface area contributed by atoms with E-state index in [0.717, 1.165) is 0 Å². The normalized spacial score (nSPS) is 25.9. The molecule has 8 nitrogen and oxygen atoms in total. The zero-order valence-corrected chi connectivity index (χ0v) is 13.7. The van der Waals surface area contributed by atoms with Crippen molar-refractivity contribution < 1.29 is 13.2 Å². The molecular formula is C13H15N5O3S2. The summed E-state index contributed by atoms with van der Waals surface area (Å²) in [6, 6.07) is 6.50.